The summed E-state index contributed by atoms with van der Waals surface area (Å²) < 4.78 is 15.8. The third-order valence-electron chi connectivity index (χ3n) is 4.88. The van der Waals surface area contributed by atoms with Gasteiger partial charge in [-0.3, -0.25) is 4.79 Å². The number of hydrogen-bond donors (Lipinski definition) is 0. The Kier molecular flexibility index (Phi) is 4.58. The number of nitrogens with zero attached hydrogens (tertiary/aromatic N) is 2. The SMILES string of the molecule is COc1ccc(C(=O)C(C)OC(=O)c2cc(C3CC3)nc3onc(C)c23)cc1. The summed E-state index contributed by atoms with van der Waals surface area (Å²) in [6.45, 7) is 3.30. The first kappa shape index (κ1) is 18.2. The molecule has 1 fully saturated rings. The molecule has 2 aromatic heterocycles. The molecular formula is C21H20N2O5. The molecule has 0 radical (unpaired) electrons. The van der Waals surface area contributed by atoms with Gasteiger partial charge in [-0.15, -0.1) is 0 Å². The Balaban J connectivity index is 1.58. The molecule has 7 heteroatoms. The van der Waals surface area contributed by atoms with E-state index in [1.165, 1.54) is 0 Å². The Morgan fingerprint density at radius 1 is 1.21 bits per heavy atom. The van der Waals surface area contributed by atoms with Gasteiger partial charge in [0.05, 0.1) is 23.8 Å². The molecule has 3 aromatic rings. The zero-order valence-electron chi connectivity index (χ0n) is 15.9. The van der Waals surface area contributed by atoms with Crippen molar-refractivity contribution in [3.05, 3.63) is 52.8 Å². The number of fused-ring (bicyclic) bond motifs is 1. The minimum atomic E-state index is -0.936. The molecule has 1 saturated carbocycles. The molecule has 1 aromatic carbocycles. The fraction of sp³-hybridized carbons (Fsp3) is 0.333. The van der Waals surface area contributed by atoms with E-state index in [9.17, 15) is 9.59 Å². The van der Waals surface area contributed by atoms with E-state index in [-0.39, 0.29) is 5.78 Å². The van der Waals surface area contributed by atoms with Crippen LogP contribution in [0.2, 0.25) is 0 Å². The summed E-state index contributed by atoms with van der Waals surface area (Å²) in [5.74, 6) is 0.108. The number of carbonyl (C=O) groups excluding carboxylic acids is 2. The monoisotopic (exact) mass is 380 g/mol. The van der Waals surface area contributed by atoms with E-state index >= 15 is 0 Å². The molecule has 1 atom stereocenters. The van der Waals surface area contributed by atoms with E-state index in [4.69, 9.17) is 14.0 Å². The van der Waals surface area contributed by atoms with Crippen molar-refractivity contribution in [2.24, 2.45) is 0 Å². The van der Waals surface area contributed by atoms with Gasteiger partial charge < -0.3 is 14.0 Å². The van der Waals surface area contributed by atoms with Gasteiger partial charge in [0.25, 0.3) is 5.71 Å². The molecule has 1 unspecified atom stereocenters. The van der Waals surface area contributed by atoms with Crippen molar-refractivity contribution in [1.29, 1.82) is 0 Å². The lowest BCUT2D eigenvalue weighted by Crippen LogP contribution is -2.24. The predicted octanol–water partition coefficient (Wildman–Crippen LogP) is 3.85. The van der Waals surface area contributed by atoms with Crippen LogP contribution in [0.3, 0.4) is 0 Å². The Hall–Kier alpha value is -3.22. The maximum absolute atomic E-state index is 12.9. The molecule has 1 aliphatic carbocycles. The first-order chi connectivity index (χ1) is 13.5. The van der Waals surface area contributed by atoms with Gasteiger partial charge in [0.1, 0.15) is 5.75 Å². The minimum Gasteiger partial charge on any atom is -0.497 e. The van der Waals surface area contributed by atoms with Crippen LogP contribution in [0.1, 0.15) is 57.8 Å². The highest BCUT2D eigenvalue weighted by Gasteiger charge is 2.30. The Morgan fingerprint density at radius 2 is 1.93 bits per heavy atom. The van der Waals surface area contributed by atoms with Gasteiger partial charge in [-0.05, 0) is 57.0 Å². The molecule has 144 valence electrons. The van der Waals surface area contributed by atoms with Gasteiger partial charge in [0.15, 0.2) is 6.10 Å². The standard InChI is InChI=1S/C21H20N2O5/c1-11-18-16(10-17(13-4-5-13)22-20(18)28-23-11)21(25)27-12(2)19(24)14-6-8-15(26-3)9-7-14/h6-10,12-13H,4-5H2,1-3H3. The smallest absolute Gasteiger partial charge is 0.339 e. The van der Waals surface area contributed by atoms with Crippen LogP contribution in [-0.2, 0) is 4.74 Å². The molecule has 1 aliphatic rings. The lowest BCUT2D eigenvalue weighted by Gasteiger charge is -2.13. The normalized spacial score (nSPS) is 14.7. The Labute approximate surface area is 161 Å². The number of carbonyl (C=O) groups is 2. The van der Waals surface area contributed by atoms with Crippen LogP contribution in [0.25, 0.3) is 11.1 Å². The number of Topliss-reactive ketones (excluding diaryl/α,β-unsaturated/α-hetero) is 1. The molecule has 0 amide bonds. The molecule has 0 spiro atoms. The van der Waals surface area contributed by atoms with Crippen LogP contribution in [-0.4, -0.2) is 35.1 Å². The summed E-state index contributed by atoms with van der Waals surface area (Å²) in [5.41, 5.74) is 2.46. The third-order valence-corrected chi connectivity index (χ3v) is 4.88. The minimum absolute atomic E-state index is 0.286. The largest absolute Gasteiger partial charge is 0.497 e. The molecule has 7 nitrogen and oxygen atoms in total. The van der Waals surface area contributed by atoms with Gasteiger partial charge in [-0.1, -0.05) is 5.16 Å². The first-order valence-electron chi connectivity index (χ1n) is 9.14. The first-order valence-corrected chi connectivity index (χ1v) is 9.14. The van der Waals surface area contributed by atoms with E-state index in [0.717, 1.165) is 18.5 Å². The van der Waals surface area contributed by atoms with Crippen molar-refractivity contribution in [2.45, 2.75) is 38.7 Å². The van der Waals surface area contributed by atoms with E-state index in [2.05, 4.69) is 10.1 Å². The van der Waals surface area contributed by atoms with Gasteiger partial charge in [-0.25, -0.2) is 9.78 Å². The summed E-state index contributed by atoms with van der Waals surface area (Å²) in [7, 11) is 1.55. The fourth-order valence-electron chi connectivity index (χ4n) is 3.13. The second-order valence-corrected chi connectivity index (χ2v) is 6.96. The highest BCUT2D eigenvalue weighted by Crippen LogP contribution is 2.40. The van der Waals surface area contributed by atoms with E-state index < -0.39 is 12.1 Å². The summed E-state index contributed by atoms with van der Waals surface area (Å²) in [5, 5.41) is 4.44. The highest BCUT2D eigenvalue weighted by molar-refractivity contribution is 6.06. The second kappa shape index (κ2) is 7.07. The van der Waals surface area contributed by atoms with Crippen LogP contribution in [0.4, 0.5) is 0 Å². The van der Waals surface area contributed by atoms with Crippen LogP contribution in [0, 0.1) is 6.92 Å². The molecule has 2 heterocycles. The summed E-state index contributed by atoms with van der Waals surface area (Å²) in [6.07, 6.45) is 1.13. The van der Waals surface area contributed by atoms with Crippen molar-refractivity contribution < 1.29 is 23.6 Å². The van der Waals surface area contributed by atoms with Gasteiger partial charge >= 0.3 is 5.97 Å². The Bertz CT molecular complexity index is 1050. The number of ketones is 1. The molecule has 0 N–H and O–H groups in total. The number of rotatable bonds is 6. The molecule has 28 heavy (non-hydrogen) atoms. The number of ether oxygens (including phenoxy) is 2. The van der Waals surface area contributed by atoms with Gasteiger partial charge in [-0.2, -0.15) is 0 Å². The molecular weight excluding hydrogens is 360 g/mol. The van der Waals surface area contributed by atoms with Crippen molar-refractivity contribution in [1.82, 2.24) is 10.1 Å². The quantitative estimate of drug-likeness (QED) is 0.474. The zero-order chi connectivity index (χ0) is 19.8. The van der Waals surface area contributed by atoms with Crippen molar-refractivity contribution in [3.8, 4) is 5.75 Å². The number of hydrogen-bond acceptors (Lipinski definition) is 7. The lowest BCUT2D eigenvalue weighted by molar-refractivity contribution is 0.0320. The molecule has 0 saturated heterocycles. The third kappa shape index (κ3) is 3.35. The second-order valence-electron chi connectivity index (χ2n) is 6.96. The summed E-state index contributed by atoms with van der Waals surface area (Å²) >= 11 is 0. The number of esters is 1. The fourth-order valence-corrected chi connectivity index (χ4v) is 3.13. The molecule has 4 rings (SSSR count). The van der Waals surface area contributed by atoms with E-state index in [0.29, 0.717) is 39.6 Å². The molecule has 0 aliphatic heterocycles. The van der Waals surface area contributed by atoms with Gasteiger partial charge in [0, 0.05) is 17.2 Å². The average Bonchev–Trinajstić information content (AvgIpc) is 3.50. The van der Waals surface area contributed by atoms with Crippen molar-refractivity contribution in [2.75, 3.05) is 7.11 Å². The molecule has 0 bridgehead atoms. The number of methoxy groups -OCH3 is 1. The average molecular weight is 380 g/mol. The maximum atomic E-state index is 12.9. The van der Waals surface area contributed by atoms with Crippen LogP contribution >= 0.6 is 0 Å². The summed E-state index contributed by atoms with van der Waals surface area (Å²) in [4.78, 5) is 29.9. The number of aromatic nitrogens is 2. The maximum Gasteiger partial charge on any atom is 0.339 e. The van der Waals surface area contributed by atoms with E-state index in [1.807, 2.05) is 0 Å². The van der Waals surface area contributed by atoms with Crippen LogP contribution in [0.15, 0.2) is 34.9 Å². The number of benzene rings is 1. The van der Waals surface area contributed by atoms with E-state index in [1.54, 1.807) is 51.3 Å². The predicted molar refractivity (Wildman–Crippen MR) is 101 cm³/mol. The summed E-state index contributed by atoms with van der Waals surface area (Å²) in [6, 6.07) is 8.40. The number of pyridine rings is 1. The zero-order valence-corrected chi connectivity index (χ0v) is 15.9. The van der Waals surface area contributed by atoms with Crippen molar-refractivity contribution in [3.63, 3.8) is 0 Å². The van der Waals surface area contributed by atoms with Crippen LogP contribution in [0.5, 0.6) is 5.75 Å². The van der Waals surface area contributed by atoms with Gasteiger partial charge in [0.2, 0.25) is 5.78 Å². The Morgan fingerprint density at radius 3 is 2.57 bits per heavy atom. The topological polar surface area (TPSA) is 91.5 Å². The highest BCUT2D eigenvalue weighted by atomic mass is 16.5. The van der Waals surface area contributed by atoms with Crippen molar-refractivity contribution >= 4 is 22.9 Å². The number of aryl methyl sites for hydroxylation is 1. The van der Waals surface area contributed by atoms with Crippen LogP contribution < -0.4 is 4.74 Å². The lowest BCUT2D eigenvalue weighted by atomic mass is 10.1.